The Kier molecular flexibility index (Phi) is 3.07. The van der Waals surface area contributed by atoms with Crippen LogP contribution in [-0.4, -0.2) is 15.2 Å². The highest BCUT2D eigenvalue weighted by molar-refractivity contribution is 5.56. The molecule has 0 aliphatic rings. The molecule has 18 heavy (non-hydrogen) atoms. The fourth-order valence-electron chi connectivity index (χ4n) is 1.38. The second-order valence-corrected chi connectivity index (χ2v) is 5.10. The Morgan fingerprint density at radius 1 is 1.17 bits per heavy atom. The first-order valence-electron chi connectivity index (χ1n) is 5.72. The fraction of sp³-hybridized carbons (Fsp3) is 0.286. The van der Waals surface area contributed by atoms with Gasteiger partial charge in [-0.05, 0) is 45.0 Å². The molecule has 0 atom stereocenters. The third-order valence-electron chi connectivity index (χ3n) is 2.24. The van der Waals surface area contributed by atoms with Crippen LogP contribution in [0.5, 0.6) is 0 Å². The lowest BCUT2D eigenvalue weighted by Gasteiger charge is -2.06. The Balaban J connectivity index is 2.25. The maximum absolute atomic E-state index is 10.9. The molecule has 0 saturated carbocycles. The van der Waals surface area contributed by atoms with Crippen molar-refractivity contribution in [3.8, 4) is 23.2 Å². The van der Waals surface area contributed by atoms with Crippen LogP contribution in [0.2, 0.25) is 0 Å². The van der Waals surface area contributed by atoms with Crippen molar-refractivity contribution in [1.29, 1.82) is 0 Å². The summed E-state index contributed by atoms with van der Waals surface area (Å²) in [5.41, 5.74) is 1.49. The molecule has 2 aromatic rings. The highest BCUT2D eigenvalue weighted by atomic mass is 16.1. The Labute approximate surface area is 105 Å². The summed E-state index contributed by atoms with van der Waals surface area (Å²) in [6.07, 6.45) is 0. The van der Waals surface area contributed by atoms with Crippen LogP contribution < -0.4 is 5.69 Å². The van der Waals surface area contributed by atoms with Gasteiger partial charge >= 0.3 is 5.69 Å². The van der Waals surface area contributed by atoms with E-state index in [1.165, 1.54) is 0 Å². The lowest BCUT2D eigenvalue weighted by atomic mass is 9.97. The lowest BCUT2D eigenvalue weighted by Crippen LogP contribution is -2.00. The Hall–Kier alpha value is -2.28. The summed E-state index contributed by atoms with van der Waals surface area (Å²) in [5.74, 6) is 6.83. The first kappa shape index (κ1) is 12.2. The summed E-state index contributed by atoms with van der Waals surface area (Å²) in [5, 5.41) is 6.21. The molecule has 4 heteroatoms. The van der Waals surface area contributed by atoms with Crippen molar-refractivity contribution in [2.75, 3.05) is 0 Å². The van der Waals surface area contributed by atoms with Gasteiger partial charge in [-0.25, -0.2) is 9.89 Å². The Bertz CT molecular complexity index is 645. The highest BCUT2D eigenvalue weighted by Gasteiger charge is 2.04. The van der Waals surface area contributed by atoms with E-state index in [9.17, 15) is 4.79 Å². The summed E-state index contributed by atoms with van der Waals surface area (Å²) in [4.78, 5) is 13.6. The van der Waals surface area contributed by atoms with Crippen LogP contribution in [0.15, 0.2) is 29.1 Å². The van der Waals surface area contributed by atoms with E-state index >= 15 is 0 Å². The van der Waals surface area contributed by atoms with Gasteiger partial charge in [0.15, 0.2) is 5.82 Å². The zero-order chi connectivity index (χ0) is 13.2. The molecule has 4 nitrogen and oxygen atoms in total. The van der Waals surface area contributed by atoms with Crippen LogP contribution in [0.1, 0.15) is 26.3 Å². The van der Waals surface area contributed by atoms with Crippen LogP contribution in [0, 0.1) is 17.3 Å². The number of rotatable bonds is 1. The molecular weight excluding hydrogens is 226 g/mol. The third kappa shape index (κ3) is 3.11. The summed E-state index contributed by atoms with van der Waals surface area (Å²) in [7, 11) is 0. The molecule has 2 rings (SSSR count). The molecule has 0 bridgehead atoms. The lowest BCUT2D eigenvalue weighted by molar-refractivity contribution is 0.571. The minimum atomic E-state index is -0.304. The second kappa shape index (κ2) is 4.53. The average Bonchev–Trinajstić information content (AvgIpc) is 2.73. The van der Waals surface area contributed by atoms with Crippen LogP contribution in [0.25, 0.3) is 11.4 Å². The van der Waals surface area contributed by atoms with Gasteiger partial charge in [0.05, 0.1) is 0 Å². The fourth-order valence-corrected chi connectivity index (χ4v) is 1.38. The van der Waals surface area contributed by atoms with Crippen molar-refractivity contribution in [3.63, 3.8) is 0 Å². The normalized spacial score (nSPS) is 10.8. The maximum Gasteiger partial charge on any atom is 0.340 e. The number of nitrogens with zero attached hydrogens (tertiary/aromatic N) is 1. The van der Waals surface area contributed by atoms with Gasteiger partial charge in [-0.15, -0.1) is 0 Å². The van der Waals surface area contributed by atoms with Crippen LogP contribution in [0.3, 0.4) is 0 Å². The molecule has 92 valence electrons. The molecule has 0 amide bonds. The summed E-state index contributed by atoms with van der Waals surface area (Å²) >= 11 is 0. The van der Waals surface area contributed by atoms with E-state index in [1.54, 1.807) is 0 Å². The summed E-state index contributed by atoms with van der Waals surface area (Å²) < 4.78 is 0. The second-order valence-electron chi connectivity index (χ2n) is 5.10. The van der Waals surface area contributed by atoms with Crippen LogP contribution in [0.4, 0.5) is 0 Å². The molecule has 2 N–H and O–H groups in total. The van der Waals surface area contributed by atoms with Gasteiger partial charge in [0.2, 0.25) is 0 Å². The minimum Gasteiger partial charge on any atom is -0.289 e. The molecule has 0 saturated heterocycles. The first-order chi connectivity index (χ1) is 8.44. The third-order valence-corrected chi connectivity index (χ3v) is 2.24. The monoisotopic (exact) mass is 241 g/mol. The largest absolute Gasteiger partial charge is 0.340 e. The van der Waals surface area contributed by atoms with Gasteiger partial charge in [-0.1, -0.05) is 11.8 Å². The van der Waals surface area contributed by atoms with Crippen LogP contribution in [-0.2, 0) is 0 Å². The number of H-pyrrole nitrogens is 2. The number of aromatic amines is 2. The standard InChI is InChI=1S/C14H15N3O/c1-14(2,3)9-8-10-4-6-11(7-5-10)12-15-13(18)17-16-12/h4-7H,1-3H3,(H2,15,16,17,18). The van der Waals surface area contributed by atoms with E-state index in [0.717, 1.165) is 11.1 Å². The minimum absolute atomic E-state index is 0.00784. The summed E-state index contributed by atoms with van der Waals surface area (Å²) in [6, 6.07) is 7.61. The van der Waals surface area contributed by atoms with E-state index < -0.39 is 0 Å². The van der Waals surface area contributed by atoms with Gasteiger partial charge in [0.25, 0.3) is 0 Å². The number of nitrogens with one attached hydrogen (secondary N) is 2. The molecule has 1 aromatic heterocycles. The van der Waals surface area contributed by atoms with Crippen molar-refractivity contribution in [3.05, 3.63) is 40.3 Å². The van der Waals surface area contributed by atoms with E-state index in [0.29, 0.717) is 5.82 Å². The topological polar surface area (TPSA) is 61.5 Å². The van der Waals surface area contributed by atoms with Crippen molar-refractivity contribution >= 4 is 0 Å². The average molecular weight is 241 g/mol. The van der Waals surface area contributed by atoms with Crippen molar-refractivity contribution in [2.24, 2.45) is 5.41 Å². The van der Waals surface area contributed by atoms with Gasteiger partial charge in [-0.3, -0.25) is 4.98 Å². The number of hydrogen-bond donors (Lipinski definition) is 2. The smallest absolute Gasteiger partial charge is 0.289 e. The SMILES string of the molecule is CC(C)(C)C#Cc1ccc(-c2n[nH]c(=O)[nH]2)cc1. The number of aromatic nitrogens is 3. The molecule has 0 spiro atoms. The summed E-state index contributed by atoms with van der Waals surface area (Å²) in [6.45, 7) is 6.22. The highest BCUT2D eigenvalue weighted by Crippen LogP contribution is 2.14. The molecular formula is C14H15N3O. The van der Waals surface area contributed by atoms with Crippen molar-refractivity contribution < 1.29 is 0 Å². The Morgan fingerprint density at radius 3 is 2.33 bits per heavy atom. The van der Waals surface area contributed by atoms with E-state index in [4.69, 9.17) is 0 Å². The van der Waals surface area contributed by atoms with Crippen LogP contribution >= 0.6 is 0 Å². The predicted octanol–water partition coefficient (Wildman–Crippen LogP) is 2.16. The van der Waals surface area contributed by atoms with E-state index in [-0.39, 0.29) is 11.1 Å². The molecule has 0 unspecified atom stereocenters. The van der Waals surface area contributed by atoms with Crippen molar-refractivity contribution in [1.82, 2.24) is 15.2 Å². The zero-order valence-electron chi connectivity index (χ0n) is 10.7. The first-order valence-corrected chi connectivity index (χ1v) is 5.72. The molecule has 1 aromatic carbocycles. The predicted molar refractivity (Wildman–Crippen MR) is 71.0 cm³/mol. The van der Waals surface area contributed by atoms with Gasteiger partial charge in [0, 0.05) is 16.5 Å². The zero-order valence-corrected chi connectivity index (χ0v) is 10.7. The van der Waals surface area contributed by atoms with E-state index in [2.05, 4.69) is 47.8 Å². The maximum atomic E-state index is 10.9. The molecule has 0 fully saturated rings. The molecule has 0 aliphatic carbocycles. The van der Waals surface area contributed by atoms with E-state index in [1.807, 2.05) is 24.3 Å². The molecule has 1 heterocycles. The molecule has 0 radical (unpaired) electrons. The van der Waals surface area contributed by atoms with Gasteiger partial charge in [0.1, 0.15) is 0 Å². The Morgan fingerprint density at radius 2 is 1.83 bits per heavy atom. The quantitative estimate of drug-likeness (QED) is 0.751. The van der Waals surface area contributed by atoms with Gasteiger partial charge in [-0.2, -0.15) is 5.10 Å². The molecule has 0 aliphatic heterocycles. The number of benzene rings is 1. The van der Waals surface area contributed by atoms with Crippen molar-refractivity contribution in [2.45, 2.75) is 20.8 Å². The van der Waals surface area contributed by atoms with Gasteiger partial charge < -0.3 is 0 Å². The number of hydrogen-bond acceptors (Lipinski definition) is 2.